The van der Waals surface area contributed by atoms with Crippen LogP contribution in [0.3, 0.4) is 0 Å². The number of ether oxygens (including phenoxy) is 1. The number of hydrogen-bond acceptors (Lipinski definition) is 3. The van der Waals surface area contributed by atoms with Crippen molar-refractivity contribution in [1.82, 2.24) is 0 Å². The van der Waals surface area contributed by atoms with Gasteiger partial charge in [0.15, 0.2) is 0 Å². The Labute approximate surface area is 110 Å². The number of halogens is 1. The fraction of sp³-hybridized carbons (Fsp3) is 0.231. The Bertz CT molecular complexity index is 478. The van der Waals surface area contributed by atoms with Gasteiger partial charge in [-0.2, -0.15) is 0 Å². The van der Waals surface area contributed by atoms with E-state index in [9.17, 15) is 0 Å². The van der Waals surface area contributed by atoms with Gasteiger partial charge in [-0.3, -0.25) is 0 Å². The summed E-state index contributed by atoms with van der Waals surface area (Å²) in [6, 6.07) is 9.76. The summed E-state index contributed by atoms with van der Waals surface area (Å²) in [5, 5.41) is 2.72. The summed E-state index contributed by atoms with van der Waals surface area (Å²) in [4.78, 5) is 1.04. The Morgan fingerprint density at radius 2 is 2.00 bits per heavy atom. The molecular weight excluding hydrogens is 254 g/mol. The summed E-state index contributed by atoms with van der Waals surface area (Å²) in [5.41, 5.74) is 6.88. The molecule has 0 saturated heterocycles. The number of hydrogen-bond donors (Lipinski definition) is 1. The average Bonchev–Trinajstić information content (AvgIpc) is 2.73. The van der Waals surface area contributed by atoms with Crippen LogP contribution in [0.5, 0.6) is 5.75 Å². The van der Waals surface area contributed by atoms with Gasteiger partial charge in [-0.1, -0.05) is 23.7 Å². The van der Waals surface area contributed by atoms with Crippen LogP contribution in [-0.2, 0) is 6.61 Å². The molecule has 2 aromatic rings. The van der Waals surface area contributed by atoms with E-state index in [0.717, 1.165) is 21.2 Å². The van der Waals surface area contributed by atoms with Crippen LogP contribution in [0.25, 0.3) is 0 Å². The van der Waals surface area contributed by atoms with Crippen molar-refractivity contribution in [1.29, 1.82) is 0 Å². The maximum absolute atomic E-state index is 5.99. The van der Waals surface area contributed by atoms with Gasteiger partial charge in [-0.05, 0) is 36.1 Å². The molecule has 0 fully saturated rings. The number of nitrogens with two attached hydrogens (primary N) is 1. The van der Waals surface area contributed by atoms with Gasteiger partial charge in [0.2, 0.25) is 0 Å². The Morgan fingerprint density at radius 1 is 1.29 bits per heavy atom. The van der Waals surface area contributed by atoms with E-state index in [4.69, 9.17) is 22.1 Å². The van der Waals surface area contributed by atoms with Crippen molar-refractivity contribution in [2.24, 2.45) is 5.73 Å². The average molecular weight is 268 g/mol. The number of thiophene rings is 1. The van der Waals surface area contributed by atoms with E-state index in [1.807, 2.05) is 42.6 Å². The molecule has 2 N–H and O–H groups in total. The van der Waals surface area contributed by atoms with Crippen LogP contribution in [0.4, 0.5) is 0 Å². The maximum atomic E-state index is 5.99. The highest BCUT2D eigenvalue weighted by atomic mass is 35.5. The van der Waals surface area contributed by atoms with Gasteiger partial charge in [0, 0.05) is 6.04 Å². The van der Waals surface area contributed by atoms with E-state index in [-0.39, 0.29) is 6.04 Å². The SMILES string of the molecule is C[C@H](N)c1ccc(OCc2sccc2Cl)cc1. The zero-order valence-electron chi connectivity index (χ0n) is 9.52. The van der Waals surface area contributed by atoms with Crippen molar-refractivity contribution in [3.05, 3.63) is 51.2 Å². The molecule has 2 rings (SSSR count). The van der Waals surface area contributed by atoms with Crippen LogP contribution in [0.15, 0.2) is 35.7 Å². The molecule has 0 aliphatic rings. The first-order chi connectivity index (χ1) is 8.16. The lowest BCUT2D eigenvalue weighted by atomic mass is 10.1. The van der Waals surface area contributed by atoms with E-state index in [2.05, 4.69) is 0 Å². The monoisotopic (exact) mass is 267 g/mol. The predicted molar refractivity (Wildman–Crippen MR) is 72.7 cm³/mol. The first-order valence-corrected chi connectivity index (χ1v) is 6.63. The van der Waals surface area contributed by atoms with Crippen molar-refractivity contribution in [2.75, 3.05) is 0 Å². The molecule has 0 aliphatic heterocycles. The van der Waals surface area contributed by atoms with Gasteiger partial charge in [0.25, 0.3) is 0 Å². The van der Waals surface area contributed by atoms with Crippen LogP contribution in [-0.4, -0.2) is 0 Å². The molecule has 0 bridgehead atoms. The second-order valence-corrected chi connectivity index (χ2v) is 5.25. The van der Waals surface area contributed by atoms with Crippen molar-refractivity contribution in [3.8, 4) is 5.75 Å². The lowest BCUT2D eigenvalue weighted by molar-refractivity contribution is 0.310. The highest BCUT2D eigenvalue weighted by Gasteiger charge is 2.03. The molecule has 90 valence electrons. The van der Waals surface area contributed by atoms with Gasteiger partial charge in [0.1, 0.15) is 12.4 Å². The first kappa shape index (κ1) is 12.4. The van der Waals surface area contributed by atoms with Crippen LogP contribution in [0.1, 0.15) is 23.4 Å². The second kappa shape index (κ2) is 5.54. The fourth-order valence-corrected chi connectivity index (χ4v) is 2.45. The molecule has 1 aromatic carbocycles. The van der Waals surface area contributed by atoms with Gasteiger partial charge in [-0.15, -0.1) is 11.3 Å². The molecule has 1 heterocycles. The number of benzene rings is 1. The van der Waals surface area contributed by atoms with Crippen LogP contribution in [0.2, 0.25) is 5.02 Å². The molecule has 0 unspecified atom stereocenters. The summed E-state index contributed by atoms with van der Waals surface area (Å²) in [6.07, 6.45) is 0. The first-order valence-electron chi connectivity index (χ1n) is 5.37. The van der Waals surface area contributed by atoms with Gasteiger partial charge < -0.3 is 10.5 Å². The van der Waals surface area contributed by atoms with Crippen LogP contribution >= 0.6 is 22.9 Å². The lowest BCUT2D eigenvalue weighted by Gasteiger charge is -2.08. The quantitative estimate of drug-likeness (QED) is 0.909. The Morgan fingerprint density at radius 3 is 2.53 bits per heavy atom. The zero-order valence-corrected chi connectivity index (χ0v) is 11.1. The molecule has 0 amide bonds. The van der Waals surface area contributed by atoms with Gasteiger partial charge >= 0.3 is 0 Å². The van der Waals surface area contributed by atoms with Gasteiger partial charge in [-0.25, -0.2) is 0 Å². The zero-order chi connectivity index (χ0) is 12.3. The van der Waals surface area contributed by atoms with E-state index in [0.29, 0.717) is 6.61 Å². The standard InChI is InChI=1S/C13H14ClNOS/c1-9(15)10-2-4-11(5-3-10)16-8-13-12(14)6-7-17-13/h2-7,9H,8,15H2,1H3/t9-/m0/s1. The Balaban J connectivity index is 1.98. The third-order valence-electron chi connectivity index (χ3n) is 2.47. The van der Waals surface area contributed by atoms with Crippen molar-refractivity contribution < 1.29 is 4.74 Å². The van der Waals surface area contributed by atoms with Crippen molar-refractivity contribution in [2.45, 2.75) is 19.6 Å². The molecule has 0 spiro atoms. The molecule has 1 atom stereocenters. The largest absolute Gasteiger partial charge is 0.488 e. The van der Waals surface area contributed by atoms with Crippen molar-refractivity contribution in [3.63, 3.8) is 0 Å². The van der Waals surface area contributed by atoms with E-state index < -0.39 is 0 Å². The summed E-state index contributed by atoms with van der Waals surface area (Å²) in [7, 11) is 0. The highest BCUT2D eigenvalue weighted by molar-refractivity contribution is 7.10. The summed E-state index contributed by atoms with van der Waals surface area (Å²) < 4.78 is 5.65. The van der Waals surface area contributed by atoms with E-state index >= 15 is 0 Å². The van der Waals surface area contributed by atoms with E-state index in [1.54, 1.807) is 11.3 Å². The lowest BCUT2D eigenvalue weighted by Crippen LogP contribution is -2.04. The third-order valence-corrected chi connectivity index (χ3v) is 3.83. The molecule has 4 heteroatoms. The number of rotatable bonds is 4. The highest BCUT2D eigenvalue weighted by Crippen LogP contribution is 2.24. The van der Waals surface area contributed by atoms with Gasteiger partial charge in [0.05, 0.1) is 9.90 Å². The minimum Gasteiger partial charge on any atom is -0.488 e. The topological polar surface area (TPSA) is 35.2 Å². The Hall–Kier alpha value is -1.03. The summed E-state index contributed by atoms with van der Waals surface area (Å²) >= 11 is 7.59. The smallest absolute Gasteiger partial charge is 0.124 e. The van der Waals surface area contributed by atoms with Crippen molar-refractivity contribution >= 4 is 22.9 Å². The maximum Gasteiger partial charge on any atom is 0.124 e. The molecule has 0 aliphatic carbocycles. The Kier molecular flexibility index (Phi) is 4.05. The molecule has 2 nitrogen and oxygen atoms in total. The minimum atomic E-state index is 0.0517. The summed E-state index contributed by atoms with van der Waals surface area (Å²) in [6.45, 7) is 2.47. The third kappa shape index (κ3) is 3.22. The van der Waals surface area contributed by atoms with E-state index in [1.165, 1.54) is 0 Å². The molecule has 1 aromatic heterocycles. The minimum absolute atomic E-state index is 0.0517. The molecule has 17 heavy (non-hydrogen) atoms. The van der Waals surface area contributed by atoms with Crippen LogP contribution < -0.4 is 10.5 Å². The summed E-state index contributed by atoms with van der Waals surface area (Å²) in [5.74, 6) is 0.832. The fourth-order valence-electron chi connectivity index (χ4n) is 1.44. The molecule has 0 saturated carbocycles. The molecule has 0 radical (unpaired) electrons. The predicted octanol–water partition coefficient (Wildman–Crippen LogP) is 4.00. The second-order valence-electron chi connectivity index (χ2n) is 3.84. The van der Waals surface area contributed by atoms with Crippen LogP contribution in [0, 0.1) is 0 Å². The normalized spacial score (nSPS) is 12.4. The molecular formula is C13H14ClNOS.